The van der Waals surface area contributed by atoms with Gasteiger partial charge in [-0.3, -0.25) is 9.59 Å². The molecule has 30 heavy (non-hydrogen) atoms. The van der Waals surface area contributed by atoms with Gasteiger partial charge in [0.1, 0.15) is 5.82 Å². The van der Waals surface area contributed by atoms with Crippen LogP contribution in [0.15, 0.2) is 4.79 Å². The Kier molecular flexibility index (Phi) is 5.78. The van der Waals surface area contributed by atoms with Crippen LogP contribution in [0.25, 0.3) is 0 Å². The Hall–Kier alpha value is -1.74. The molecule has 3 aliphatic rings. The van der Waals surface area contributed by atoms with E-state index in [9.17, 15) is 18.0 Å². The van der Waals surface area contributed by atoms with Crippen molar-refractivity contribution in [2.45, 2.75) is 77.3 Å². The molecule has 1 saturated heterocycles. The summed E-state index contributed by atoms with van der Waals surface area (Å²) in [7, 11) is -3.35. The monoisotopic (exact) mass is 436 g/mol. The van der Waals surface area contributed by atoms with Gasteiger partial charge in [-0.2, -0.15) is 4.31 Å². The van der Waals surface area contributed by atoms with Crippen LogP contribution in [0.5, 0.6) is 0 Å². The number of fused-ring (bicyclic) bond motifs is 1. The fourth-order valence-electron chi connectivity index (χ4n) is 5.23. The highest BCUT2D eigenvalue weighted by atomic mass is 32.2. The number of nitrogens with one attached hydrogen (secondary N) is 1. The van der Waals surface area contributed by atoms with Crippen LogP contribution < -0.4 is 5.56 Å². The number of aromatic nitrogens is 2. The van der Waals surface area contributed by atoms with Crippen LogP contribution in [0.2, 0.25) is 0 Å². The number of amides is 1. The zero-order chi connectivity index (χ0) is 21.5. The fraction of sp³-hybridized carbons (Fsp3) is 0.762. The molecule has 0 radical (unpaired) electrons. The number of sulfonamides is 1. The number of rotatable bonds is 3. The summed E-state index contributed by atoms with van der Waals surface area (Å²) in [6, 6.07) is -0.253. The second-order valence-electron chi connectivity index (χ2n) is 9.35. The van der Waals surface area contributed by atoms with E-state index in [0.717, 1.165) is 44.9 Å². The topological polar surface area (TPSA) is 103 Å². The van der Waals surface area contributed by atoms with Crippen LogP contribution in [0.1, 0.15) is 81.4 Å². The van der Waals surface area contributed by atoms with Gasteiger partial charge in [0.2, 0.25) is 15.9 Å². The molecule has 9 heteroatoms. The molecule has 0 bridgehead atoms. The second kappa shape index (κ2) is 8.07. The first-order chi connectivity index (χ1) is 14.2. The number of aromatic amines is 1. The minimum absolute atomic E-state index is 0.115. The van der Waals surface area contributed by atoms with Gasteiger partial charge in [0, 0.05) is 24.1 Å². The van der Waals surface area contributed by atoms with Crippen molar-refractivity contribution >= 4 is 15.9 Å². The highest BCUT2D eigenvalue weighted by molar-refractivity contribution is 7.88. The van der Waals surface area contributed by atoms with Crippen LogP contribution >= 0.6 is 0 Å². The Labute approximate surface area is 178 Å². The summed E-state index contributed by atoms with van der Waals surface area (Å²) in [4.78, 5) is 35.9. The van der Waals surface area contributed by atoms with Crippen molar-refractivity contribution in [1.82, 2.24) is 19.2 Å². The molecule has 1 aromatic heterocycles. The van der Waals surface area contributed by atoms with Gasteiger partial charge in [0.15, 0.2) is 0 Å². The second-order valence-corrected chi connectivity index (χ2v) is 11.3. The SMILES string of the molecule is CC1(C(=O)N2CCCC[C@H]2c2nc3c(c(=O)[nH]2)CCN(S(C)(=O)=O)C3)CCCCC1. The van der Waals surface area contributed by atoms with Gasteiger partial charge in [-0.15, -0.1) is 0 Å². The van der Waals surface area contributed by atoms with Crippen molar-refractivity contribution in [3.05, 3.63) is 27.4 Å². The predicted molar refractivity (Wildman–Crippen MR) is 113 cm³/mol. The fourth-order valence-corrected chi connectivity index (χ4v) is 6.01. The largest absolute Gasteiger partial charge is 0.332 e. The van der Waals surface area contributed by atoms with Gasteiger partial charge in [-0.1, -0.05) is 26.2 Å². The van der Waals surface area contributed by atoms with Crippen molar-refractivity contribution < 1.29 is 13.2 Å². The smallest absolute Gasteiger partial charge is 0.254 e. The normalized spacial score (nSPS) is 25.0. The molecule has 1 amide bonds. The number of likely N-dealkylation sites (tertiary alicyclic amines) is 1. The molecule has 0 unspecified atom stereocenters. The molecule has 8 nitrogen and oxygen atoms in total. The summed E-state index contributed by atoms with van der Waals surface area (Å²) >= 11 is 0. The lowest BCUT2D eigenvalue weighted by atomic mass is 9.74. The van der Waals surface area contributed by atoms with Crippen LogP contribution in [-0.2, 0) is 27.8 Å². The molecule has 1 N–H and O–H groups in total. The molecule has 1 aromatic rings. The third kappa shape index (κ3) is 4.06. The molecule has 2 aliphatic heterocycles. The van der Waals surface area contributed by atoms with Crippen LogP contribution in [0.4, 0.5) is 0 Å². The molecule has 0 aromatic carbocycles. The zero-order valence-corrected chi connectivity index (χ0v) is 18.8. The highest BCUT2D eigenvalue weighted by Gasteiger charge is 2.41. The van der Waals surface area contributed by atoms with E-state index >= 15 is 0 Å². The summed E-state index contributed by atoms with van der Waals surface area (Å²) < 4.78 is 25.3. The first-order valence-corrected chi connectivity index (χ1v) is 12.9. The maximum absolute atomic E-state index is 13.5. The van der Waals surface area contributed by atoms with Gasteiger partial charge in [0.25, 0.3) is 5.56 Å². The van der Waals surface area contributed by atoms with Crippen molar-refractivity contribution in [2.24, 2.45) is 5.41 Å². The van der Waals surface area contributed by atoms with E-state index < -0.39 is 10.0 Å². The van der Waals surface area contributed by atoms with Crippen LogP contribution in [0.3, 0.4) is 0 Å². The van der Waals surface area contributed by atoms with Gasteiger partial charge in [-0.05, 0) is 38.5 Å². The standard InChI is InChI=1S/C21H32N4O4S/c1-21(10-5-3-6-11-21)20(27)25-12-7-4-8-17(25)18-22-16-14-24(30(2,28)29)13-9-15(16)19(26)23-18/h17H,3-14H2,1-2H3,(H,22,23,26)/t17-/m0/s1. The van der Waals surface area contributed by atoms with Crippen molar-refractivity contribution in [2.75, 3.05) is 19.3 Å². The first-order valence-electron chi connectivity index (χ1n) is 11.1. The van der Waals surface area contributed by atoms with Crippen LogP contribution in [0, 0.1) is 5.41 Å². The van der Waals surface area contributed by atoms with E-state index in [2.05, 4.69) is 11.9 Å². The predicted octanol–water partition coefficient (Wildman–Crippen LogP) is 2.11. The first kappa shape index (κ1) is 21.5. The van der Waals surface area contributed by atoms with E-state index in [-0.39, 0.29) is 29.5 Å². The Balaban J connectivity index is 1.66. The molecule has 1 aliphatic carbocycles. The lowest BCUT2D eigenvalue weighted by molar-refractivity contribution is -0.147. The van der Waals surface area contributed by atoms with Gasteiger partial charge in [-0.25, -0.2) is 13.4 Å². The number of piperidine rings is 1. The van der Waals surface area contributed by atoms with E-state index in [1.807, 2.05) is 4.90 Å². The highest BCUT2D eigenvalue weighted by Crippen LogP contribution is 2.41. The van der Waals surface area contributed by atoms with E-state index in [1.165, 1.54) is 17.0 Å². The third-order valence-electron chi connectivity index (χ3n) is 7.08. The Bertz CT molecular complexity index is 981. The average Bonchev–Trinajstić information content (AvgIpc) is 2.72. The number of nitrogens with zero attached hydrogens (tertiary/aromatic N) is 3. The van der Waals surface area contributed by atoms with E-state index in [4.69, 9.17) is 4.98 Å². The summed E-state index contributed by atoms with van der Waals surface area (Å²) in [5, 5.41) is 0. The van der Waals surface area contributed by atoms with Crippen molar-refractivity contribution in [3.8, 4) is 0 Å². The number of hydrogen-bond acceptors (Lipinski definition) is 5. The van der Waals surface area contributed by atoms with Crippen molar-refractivity contribution in [1.29, 1.82) is 0 Å². The maximum atomic E-state index is 13.5. The summed E-state index contributed by atoms with van der Waals surface area (Å²) in [5.41, 5.74) is 0.541. The Morgan fingerprint density at radius 1 is 1.13 bits per heavy atom. The third-order valence-corrected chi connectivity index (χ3v) is 8.33. The number of carbonyl (C=O) groups excluding carboxylic acids is 1. The lowest BCUT2D eigenvalue weighted by Gasteiger charge is -2.42. The van der Waals surface area contributed by atoms with E-state index in [1.54, 1.807) is 0 Å². The quantitative estimate of drug-likeness (QED) is 0.782. The summed E-state index contributed by atoms with van der Waals surface area (Å²) in [5.74, 6) is 0.673. The minimum atomic E-state index is -3.35. The maximum Gasteiger partial charge on any atom is 0.254 e. The van der Waals surface area contributed by atoms with Gasteiger partial charge >= 0.3 is 0 Å². The Morgan fingerprint density at radius 2 is 1.87 bits per heavy atom. The van der Waals surface area contributed by atoms with E-state index in [0.29, 0.717) is 36.6 Å². The molecule has 1 atom stereocenters. The molecule has 1 saturated carbocycles. The zero-order valence-electron chi connectivity index (χ0n) is 17.9. The number of carbonyl (C=O) groups is 1. The summed E-state index contributed by atoms with van der Waals surface area (Å²) in [6.45, 7) is 3.16. The minimum Gasteiger partial charge on any atom is -0.332 e. The van der Waals surface area contributed by atoms with Crippen LogP contribution in [-0.4, -0.2) is 52.8 Å². The molecule has 3 heterocycles. The summed E-state index contributed by atoms with van der Waals surface area (Å²) in [6.07, 6.45) is 9.39. The Morgan fingerprint density at radius 3 is 2.57 bits per heavy atom. The number of hydrogen-bond donors (Lipinski definition) is 1. The van der Waals surface area contributed by atoms with Gasteiger partial charge < -0.3 is 9.88 Å². The molecule has 166 valence electrons. The molecule has 2 fully saturated rings. The number of H-pyrrole nitrogens is 1. The molecular weight excluding hydrogens is 404 g/mol. The van der Waals surface area contributed by atoms with Gasteiger partial charge in [0.05, 0.1) is 24.5 Å². The molecular formula is C21H32N4O4S. The molecule has 4 rings (SSSR count). The average molecular weight is 437 g/mol. The lowest BCUT2D eigenvalue weighted by Crippen LogP contribution is -2.48. The molecule has 0 spiro atoms. The van der Waals surface area contributed by atoms with Crippen molar-refractivity contribution in [3.63, 3.8) is 0 Å².